The quantitative estimate of drug-likeness (QED) is 0.590. The number of carbonyl (C=O) groups is 1. The summed E-state index contributed by atoms with van der Waals surface area (Å²) in [5.74, 6) is 0.324. The average Bonchev–Trinajstić information content (AvgIpc) is 2.38. The van der Waals surface area contributed by atoms with Gasteiger partial charge in [-0.2, -0.15) is 0 Å². The Morgan fingerprint density at radius 1 is 1.43 bits per heavy atom. The second-order valence-corrected chi connectivity index (χ2v) is 5.61. The Morgan fingerprint density at radius 2 is 2.05 bits per heavy atom. The first kappa shape index (κ1) is 16.9. The lowest BCUT2D eigenvalue weighted by atomic mass is 10.0. The van der Waals surface area contributed by atoms with Gasteiger partial charge in [-0.15, -0.1) is 0 Å². The average molecular weight is 295 g/mol. The summed E-state index contributed by atoms with van der Waals surface area (Å²) in [6.45, 7) is 6.10. The zero-order valence-electron chi connectivity index (χ0n) is 12.8. The zero-order valence-corrected chi connectivity index (χ0v) is 12.8. The SMILES string of the molecule is CC(C)C[C@@H](C)N(C)C(=O)Cn1ccc(=O)c([N+](=O)[O-])c1. The highest BCUT2D eigenvalue weighted by molar-refractivity contribution is 5.76. The van der Waals surface area contributed by atoms with Gasteiger partial charge in [0.15, 0.2) is 0 Å². The zero-order chi connectivity index (χ0) is 16.2. The maximum atomic E-state index is 12.2. The molecule has 116 valence electrons. The Kier molecular flexibility index (Phi) is 5.63. The molecule has 1 heterocycles. The molecule has 0 N–H and O–H groups in total. The van der Waals surface area contributed by atoms with E-state index in [0.29, 0.717) is 5.92 Å². The first-order chi connectivity index (χ1) is 9.72. The minimum atomic E-state index is -0.742. The smallest absolute Gasteiger partial charge is 0.332 e. The van der Waals surface area contributed by atoms with Crippen LogP contribution in [0.25, 0.3) is 0 Å². The fourth-order valence-corrected chi connectivity index (χ4v) is 2.10. The molecule has 1 rings (SSSR count). The van der Waals surface area contributed by atoms with Gasteiger partial charge in [-0.1, -0.05) is 13.8 Å². The minimum Gasteiger partial charge on any atom is -0.341 e. The number of pyridine rings is 1. The highest BCUT2D eigenvalue weighted by Crippen LogP contribution is 2.10. The lowest BCUT2D eigenvalue weighted by Crippen LogP contribution is -2.38. The van der Waals surface area contributed by atoms with Gasteiger partial charge in [-0.25, -0.2) is 0 Å². The molecular weight excluding hydrogens is 274 g/mol. The van der Waals surface area contributed by atoms with Crippen molar-refractivity contribution in [2.24, 2.45) is 5.92 Å². The number of hydrogen-bond donors (Lipinski definition) is 0. The maximum Gasteiger partial charge on any atom is 0.332 e. The van der Waals surface area contributed by atoms with Gasteiger partial charge in [0.05, 0.1) is 11.1 Å². The lowest BCUT2D eigenvalue weighted by Gasteiger charge is -2.26. The van der Waals surface area contributed by atoms with E-state index in [1.807, 2.05) is 6.92 Å². The van der Waals surface area contributed by atoms with Gasteiger partial charge in [-0.05, 0) is 19.3 Å². The summed E-state index contributed by atoms with van der Waals surface area (Å²) in [5.41, 5.74) is -1.19. The topological polar surface area (TPSA) is 85.5 Å². The summed E-state index contributed by atoms with van der Waals surface area (Å²) >= 11 is 0. The highest BCUT2D eigenvalue weighted by Gasteiger charge is 2.18. The molecule has 0 spiro atoms. The van der Waals surface area contributed by atoms with Crippen LogP contribution < -0.4 is 5.43 Å². The van der Waals surface area contributed by atoms with Crippen molar-refractivity contribution in [1.82, 2.24) is 9.47 Å². The Balaban J connectivity index is 2.81. The molecule has 0 aliphatic heterocycles. The van der Waals surface area contributed by atoms with Crippen LogP contribution in [0, 0.1) is 16.0 Å². The Hall–Kier alpha value is -2.18. The fourth-order valence-electron chi connectivity index (χ4n) is 2.10. The molecule has 0 aliphatic carbocycles. The first-order valence-electron chi connectivity index (χ1n) is 6.82. The van der Waals surface area contributed by atoms with E-state index in [-0.39, 0.29) is 18.5 Å². The second kappa shape index (κ2) is 7.01. The van der Waals surface area contributed by atoms with Gasteiger partial charge in [0.25, 0.3) is 5.43 Å². The number of aromatic nitrogens is 1. The number of carbonyl (C=O) groups excluding carboxylic acids is 1. The number of rotatable bonds is 6. The Bertz CT molecular complexity index is 580. The van der Waals surface area contributed by atoms with Crippen molar-refractivity contribution in [1.29, 1.82) is 0 Å². The van der Waals surface area contributed by atoms with E-state index in [2.05, 4.69) is 13.8 Å². The van der Waals surface area contributed by atoms with Crippen LogP contribution in [-0.2, 0) is 11.3 Å². The Morgan fingerprint density at radius 3 is 2.57 bits per heavy atom. The molecule has 1 aromatic rings. The molecule has 21 heavy (non-hydrogen) atoms. The third-order valence-corrected chi connectivity index (χ3v) is 3.34. The van der Waals surface area contributed by atoms with Gasteiger partial charge >= 0.3 is 5.69 Å². The van der Waals surface area contributed by atoms with Crippen LogP contribution in [0.15, 0.2) is 23.3 Å². The van der Waals surface area contributed by atoms with E-state index in [1.54, 1.807) is 11.9 Å². The van der Waals surface area contributed by atoms with Crippen LogP contribution in [0.1, 0.15) is 27.2 Å². The van der Waals surface area contributed by atoms with Gasteiger partial charge < -0.3 is 9.47 Å². The summed E-state index contributed by atoms with van der Waals surface area (Å²) < 4.78 is 1.36. The van der Waals surface area contributed by atoms with Crippen LogP contribution in [0.3, 0.4) is 0 Å². The predicted octanol–water partition coefficient (Wildman–Crippen LogP) is 1.65. The molecule has 1 amide bonds. The summed E-state index contributed by atoms with van der Waals surface area (Å²) in [5, 5.41) is 10.7. The van der Waals surface area contributed by atoms with Crippen molar-refractivity contribution in [2.45, 2.75) is 39.8 Å². The standard InChI is InChI=1S/C14H21N3O4/c1-10(2)7-11(3)15(4)14(19)9-16-6-5-13(18)12(8-16)17(20)21/h5-6,8,10-11H,7,9H2,1-4H3/t11-/m1/s1. The lowest BCUT2D eigenvalue weighted by molar-refractivity contribution is -0.386. The van der Waals surface area contributed by atoms with Crippen molar-refractivity contribution in [3.8, 4) is 0 Å². The number of hydrogen-bond acceptors (Lipinski definition) is 4. The highest BCUT2D eigenvalue weighted by atomic mass is 16.6. The van der Waals surface area contributed by atoms with Crippen molar-refractivity contribution in [2.75, 3.05) is 7.05 Å². The Labute approximate surface area is 123 Å². The largest absolute Gasteiger partial charge is 0.341 e. The monoisotopic (exact) mass is 295 g/mol. The molecule has 0 saturated heterocycles. The summed E-state index contributed by atoms with van der Waals surface area (Å²) in [6, 6.07) is 1.19. The third kappa shape index (κ3) is 4.70. The number of nitrogens with zero attached hydrogens (tertiary/aromatic N) is 3. The van der Waals surface area contributed by atoms with Gasteiger partial charge in [0.1, 0.15) is 6.54 Å². The van der Waals surface area contributed by atoms with E-state index in [1.165, 1.54) is 10.8 Å². The van der Waals surface area contributed by atoms with Crippen molar-refractivity contribution >= 4 is 11.6 Å². The van der Waals surface area contributed by atoms with Crippen LogP contribution in [0.2, 0.25) is 0 Å². The van der Waals surface area contributed by atoms with Crippen molar-refractivity contribution < 1.29 is 9.72 Å². The van der Waals surface area contributed by atoms with E-state index in [9.17, 15) is 19.7 Å². The number of amides is 1. The summed E-state index contributed by atoms with van der Waals surface area (Å²) in [4.78, 5) is 35.1. The minimum absolute atomic E-state index is 0.0277. The molecule has 0 bridgehead atoms. The molecule has 0 radical (unpaired) electrons. The van der Waals surface area contributed by atoms with Crippen molar-refractivity contribution in [3.63, 3.8) is 0 Å². The third-order valence-electron chi connectivity index (χ3n) is 3.34. The molecule has 0 aromatic carbocycles. The predicted molar refractivity (Wildman–Crippen MR) is 79.0 cm³/mol. The van der Waals surface area contributed by atoms with E-state index < -0.39 is 16.0 Å². The van der Waals surface area contributed by atoms with Crippen LogP contribution in [0.5, 0.6) is 0 Å². The molecule has 0 unspecified atom stereocenters. The molecule has 0 aliphatic rings. The van der Waals surface area contributed by atoms with Crippen LogP contribution in [-0.4, -0.2) is 33.4 Å². The maximum absolute atomic E-state index is 12.2. The van der Waals surface area contributed by atoms with Gasteiger partial charge in [0, 0.05) is 25.4 Å². The summed E-state index contributed by atoms with van der Waals surface area (Å²) in [6.07, 6.45) is 3.36. The normalized spacial score (nSPS) is 12.2. The van der Waals surface area contributed by atoms with Crippen LogP contribution in [0.4, 0.5) is 5.69 Å². The molecule has 0 saturated carbocycles. The molecule has 7 nitrogen and oxygen atoms in total. The second-order valence-electron chi connectivity index (χ2n) is 5.61. The molecular formula is C14H21N3O4. The van der Waals surface area contributed by atoms with Gasteiger partial charge in [0.2, 0.25) is 5.91 Å². The van der Waals surface area contributed by atoms with E-state index >= 15 is 0 Å². The molecule has 1 atom stereocenters. The van der Waals surface area contributed by atoms with Gasteiger partial charge in [-0.3, -0.25) is 19.7 Å². The van der Waals surface area contributed by atoms with E-state index in [0.717, 1.165) is 18.7 Å². The van der Waals surface area contributed by atoms with Crippen LogP contribution >= 0.6 is 0 Å². The van der Waals surface area contributed by atoms with E-state index in [4.69, 9.17) is 0 Å². The first-order valence-corrected chi connectivity index (χ1v) is 6.82. The molecule has 0 fully saturated rings. The fraction of sp³-hybridized carbons (Fsp3) is 0.571. The molecule has 7 heteroatoms. The number of nitro groups is 1. The van der Waals surface area contributed by atoms with Crippen molar-refractivity contribution in [3.05, 3.63) is 38.8 Å². The molecule has 1 aromatic heterocycles. The number of likely N-dealkylation sites (N-methyl/N-ethyl adjacent to an activating group) is 1. The summed E-state index contributed by atoms with van der Waals surface area (Å²) in [7, 11) is 1.71.